The van der Waals surface area contributed by atoms with Gasteiger partial charge in [-0.15, -0.1) is 0 Å². The number of nitrogens with two attached hydrogens (primary N) is 1. The minimum absolute atomic E-state index is 0.262. The lowest BCUT2D eigenvalue weighted by molar-refractivity contribution is 0.0271. The predicted octanol–water partition coefficient (Wildman–Crippen LogP) is 3.47. The van der Waals surface area contributed by atoms with E-state index in [1.54, 1.807) is 6.07 Å². The van der Waals surface area contributed by atoms with Crippen molar-refractivity contribution in [3.05, 3.63) is 58.7 Å². The molecule has 0 saturated heterocycles. The molecule has 0 amide bonds. The summed E-state index contributed by atoms with van der Waals surface area (Å²) >= 11 is 5.99. The second-order valence-electron chi connectivity index (χ2n) is 5.41. The molecule has 2 aromatic rings. The van der Waals surface area contributed by atoms with Crippen molar-refractivity contribution in [2.75, 3.05) is 5.73 Å². The molecule has 4 heteroatoms. The standard InChI is InChI=1S/C16H17ClN2O/c17-12-9-13(15(18)19-10-12)14(20)16(7-4-8-16)11-5-2-1-3-6-11/h1-3,5-6,9-10,14,20H,4,7-8H2,(H2,18,19). The minimum atomic E-state index is -0.676. The van der Waals surface area contributed by atoms with Crippen LogP contribution in [0.3, 0.4) is 0 Å². The van der Waals surface area contributed by atoms with Crippen LogP contribution in [-0.2, 0) is 5.41 Å². The summed E-state index contributed by atoms with van der Waals surface area (Å²) in [5.41, 5.74) is 7.43. The van der Waals surface area contributed by atoms with Gasteiger partial charge in [-0.3, -0.25) is 0 Å². The molecule has 1 aliphatic rings. The van der Waals surface area contributed by atoms with Crippen molar-refractivity contribution >= 4 is 17.4 Å². The first kappa shape index (κ1) is 13.4. The number of nitrogen functional groups attached to an aromatic ring is 1. The van der Waals surface area contributed by atoms with Gasteiger partial charge in [-0.2, -0.15) is 0 Å². The largest absolute Gasteiger partial charge is 0.387 e. The van der Waals surface area contributed by atoms with Crippen LogP contribution in [0.4, 0.5) is 5.82 Å². The maximum Gasteiger partial charge on any atom is 0.129 e. The van der Waals surface area contributed by atoms with E-state index in [2.05, 4.69) is 17.1 Å². The molecule has 1 aromatic carbocycles. The average Bonchev–Trinajstić information content (AvgIpc) is 2.41. The molecule has 1 unspecified atom stereocenters. The Hall–Kier alpha value is -1.58. The van der Waals surface area contributed by atoms with Gasteiger partial charge >= 0.3 is 0 Å². The Kier molecular flexibility index (Phi) is 3.40. The molecule has 3 rings (SSSR count). The van der Waals surface area contributed by atoms with Crippen molar-refractivity contribution in [2.24, 2.45) is 0 Å². The molecule has 3 N–H and O–H groups in total. The number of hydrogen-bond acceptors (Lipinski definition) is 3. The lowest BCUT2D eigenvalue weighted by Gasteiger charge is -2.46. The van der Waals surface area contributed by atoms with Crippen LogP contribution in [0.2, 0.25) is 5.02 Å². The van der Waals surface area contributed by atoms with Crippen LogP contribution < -0.4 is 5.73 Å². The zero-order valence-corrected chi connectivity index (χ0v) is 11.8. The molecule has 104 valence electrons. The molecule has 1 heterocycles. The minimum Gasteiger partial charge on any atom is -0.387 e. The fraction of sp³-hybridized carbons (Fsp3) is 0.312. The van der Waals surface area contributed by atoms with E-state index in [1.807, 2.05) is 18.2 Å². The lowest BCUT2D eigenvalue weighted by Crippen LogP contribution is -2.40. The van der Waals surface area contributed by atoms with Gasteiger partial charge in [-0.25, -0.2) is 4.98 Å². The Morgan fingerprint density at radius 2 is 1.95 bits per heavy atom. The number of aromatic nitrogens is 1. The van der Waals surface area contributed by atoms with Crippen LogP contribution in [0.5, 0.6) is 0 Å². The quantitative estimate of drug-likeness (QED) is 0.909. The highest BCUT2D eigenvalue weighted by Gasteiger charge is 2.46. The molecular formula is C16H17ClN2O. The van der Waals surface area contributed by atoms with Crippen LogP contribution in [0.25, 0.3) is 0 Å². The van der Waals surface area contributed by atoms with Gasteiger partial charge < -0.3 is 10.8 Å². The molecule has 0 spiro atoms. The number of anilines is 1. The maximum atomic E-state index is 10.9. The molecule has 1 fully saturated rings. The van der Waals surface area contributed by atoms with Gasteiger partial charge in [-0.1, -0.05) is 48.4 Å². The van der Waals surface area contributed by atoms with Gasteiger partial charge in [0.15, 0.2) is 0 Å². The fourth-order valence-corrected chi connectivity index (χ4v) is 3.20. The summed E-state index contributed by atoms with van der Waals surface area (Å²) in [6.45, 7) is 0. The second-order valence-corrected chi connectivity index (χ2v) is 5.84. The van der Waals surface area contributed by atoms with E-state index in [0.717, 1.165) is 24.8 Å². The Balaban J connectivity index is 2.03. The van der Waals surface area contributed by atoms with Gasteiger partial charge in [0.05, 0.1) is 11.1 Å². The summed E-state index contributed by atoms with van der Waals surface area (Å²) in [4.78, 5) is 4.05. The third kappa shape index (κ3) is 2.07. The van der Waals surface area contributed by atoms with Gasteiger partial charge in [-0.05, 0) is 24.5 Å². The topological polar surface area (TPSA) is 59.1 Å². The monoisotopic (exact) mass is 288 g/mol. The Morgan fingerprint density at radius 1 is 1.25 bits per heavy atom. The summed E-state index contributed by atoms with van der Waals surface area (Å²) in [7, 11) is 0. The summed E-state index contributed by atoms with van der Waals surface area (Å²) in [5.74, 6) is 0.351. The van der Waals surface area contributed by atoms with E-state index in [9.17, 15) is 5.11 Å². The van der Waals surface area contributed by atoms with E-state index in [0.29, 0.717) is 16.4 Å². The number of nitrogens with zero attached hydrogens (tertiary/aromatic N) is 1. The Labute approximate surface area is 123 Å². The summed E-state index contributed by atoms with van der Waals surface area (Å²) in [6.07, 6.45) is 3.84. The van der Waals surface area contributed by atoms with Crippen LogP contribution in [0, 0.1) is 0 Å². The number of aliphatic hydroxyl groups excluding tert-OH is 1. The molecule has 1 atom stereocenters. The number of aliphatic hydroxyl groups is 1. The highest BCUT2D eigenvalue weighted by atomic mass is 35.5. The summed E-state index contributed by atoms with van der Waals surface area (Å²) < 4.78 is 0. The van der Waals surface area contributed by atoms with E-state index < -0.39 is 6.10 Å². The average molecular weight is 289 g/mol. The van der Waals surface area contributed by atoms with Gasteiger partial charge in [0.1, 0.15) is 5.82 Å². The molecule has 0 radical (unpaired) electrons. The molecular weight excluding hydrogens is 272 g/mol. The molecule has 1 aliphatic carbocycles. The number of pyridine rings is 1. The number of hydrogen-bond donors (Lipinski definition) is 2. The number of benzene rings is 1. The molecule has 0 bridgehead atoms. The zero-order valence-electron chi connectivity index (χ0n) is 11.1. The highest BCUT2D eigenvalue weighted by molar-refractivity contribution is 6.30. The van der Waals surface area contributed by atoms with Gasteiger partial charge in [0.25, 0.3) is 0 Å². The lowest BCUT2D eigenvalue weighted by atomic mass is 9.60. The van der Waals surface area contributed by atoms with Crippen molar-refractivity contribution < 1.29 is 5.11 Å². The zero-order chi connectivity index (χ0) is 14.2. The number of rotatable bonds is 3. The smallest absolute Gasteiger partial charge is 0.129 e. The molecule has 3 nitrogen and oxygen atoms in total. The van der Waals surface area contributed by atoms with Crippen molar-refractivity contribution in [3.63, 3.8) is 0 Å². The normalized spacial score (nSPS) is 18.3. The molecule has 1 saturated carbocycles. The molecule has 0 aliphatic heterocycles. The molecule has 1 aromatic heterocycles. The van der Waals surface area contributed by atoms with Gasteiger partial charge in [0.2, 0.25) is 0 Å². The predicted molar refractivity (Wildman–Crippen MR) is 80.6 cm³/mol. The first-order valence-electron chi connectivity index (χ1n) is 6.78. The first-order chi connectivity index (χ1) is 9.63. The van der Waals surface area contributed by atoms with E-state index >= 15 is 0 Å². The van der Waals surface area contributed by atoms with Crippen LogP contribution in [-0.4, -0.2) is 10.1 Å². The van der Waals surface area contributed by atoms with E-state index in [-0.39, 0.29) is 5.41 Å². The number of halogens is 1. The van der Waals surface area contributed by atoms with Crippen LogP contribution in [0.15, 0.2) is 42.6 Å². The van der Waals surface area contributed by atoms with Crippen molar-refractivity contribution in [1.29, 1.82) is 0 Å². The third-order valence-electron chi connectivity index (χ3n) is 4.33. The Bertz CT molecular complexity index is 611. The third-order valence-corrected chi connectivity index (χ3v) is 4.54. The Morgan fingerprint density at radius 3 is 2.55 bits per heavy atom. The second kappa shape index (κ2) is 5.08. The van der Waals surface area contributed by atoms with Crippen LogP contribution >= 0.6 is 11.6 Å². The van der Waals surface area contributed by atoms with Crippen molar-refractivity contribution in [1.82, 2.24) is 4.98 Å². The first-order valence-corrected chi connectivity index (χ1v) is 7.16. The van der Waals surface area contributed by atoms with Crippen molar-refractivity contribution in [3.8, 4) is 0 Å². The van der Waals surface area contributed by atoms with Crippen LogP contribution in [0.1, 0.15) is 36.5 Å². The SMILES string of the molecule is Nc1ncc(Cl)cc1C(O)C1(c2ccccc2)CCC1. The highest BCUT2D eigenvalue weighted by Crippen LogP contribution is 2.52. The fourth-order valence-electron chi connectivity index (χ4n) is 3.03. The van der Waals surface area contributed by atoms with Crippen molar-refractivity contribution in [2.45, 2.75) is 30.8 Å². The van der Waals surface area contributed by atoms with E-state index in [1.165, 1.54) is 6.20 Å². The molecule has 20 heavy (non-hydrogen) atoms. The maximum absolute atomic E-state index is 10.9. The van der Waals surface area contributed by atoms with E-state index in [4.69, 9.17) is 17.3 Å². The summed E-state index contributed by atoms with van der Waals surface area (Å²) in [6, 6.07) is 11.8. The summed E-state index contributed by atoms with van der Waals surface area (Å²) in [5, 5.41) is 11.4. The van der Waals surface area contributed by atoms with Gasteiger partial charge in [0, 0.05) is 17.2 Å².